The zero-order valence-electron chi connectivity index (χ0n) is 12.3. The zero-order valence-corrected chi connectivity index (χ0v) is 13.2. The van der Waals surface area contributed by atoms with Crippen molar-refractivity contribution in [2.75, 3.05) is 18.6 Å². The number of rotatable bonds is 5. The van der Waals surface area contributed by atoms with Gasteiger partial charge in [-0.2, -0.15) is 0 Å². The highest BCUT2D eigenvalue weighted by molar-refractivity contribution is 7.91. The summed E-state index contributed by atoms with van der Waals surface area (Å²) < 4.78 is 28.5. The Bertz CT molecular complexity index is 568. The standard InChI is InChI=1S/C15H23NO3S/c1-4-14(16-12-7-8-20(17,18)10-12)13-9-11(2)5-6-15(13)19-3/h5-6,9,12,14,16H,4,7-8,10H2,1-3H3/t12-,14-/m0/s1. The largest absolute Gasteiger partial charge is 0.496 e. The predicted octanol–water partition coefficient (Wildman–Crippen LogP) is 2.23. The Morgan fingerprint density at radius 1 is 1.45 bits per heavy atom. The topological polar surface area (TPSA) is 55.4 Å². The fourth-order valence-corrected chi connectivity index (χ4v) is 4.45. The van der Waals surface area contributed by atoms with Crippen LogP contribution in [0.15, 0.2) is 18.2 Å². The number of sulfone groups is 1. The van der Waals surface area contributed by atoms with Crippen LogP contribution in [0.1, 0.15) is 36.9 Å². The van der Waals surface area contributed by atoms with Crippen molar-refractivity contribution in [1.29, 1.82) is 0 Å². The monoisotopic (exact) mass is 297 g/mol. The van der Waals surface area contributed by atoms with E-state index in [9.17, 15) is 8.42 Å². The summed E-state index contributed by atoms with van der Waals surface area (Å²) in [5.41, 5.74) is 2.29. The molecule has 0 aromatic heterocycles. The molecule has 2 atom stereocenters. The lowest BCUT2D eigenvalue weighted by Gasteiger charge is -2.23. The molecule has 1 aliphatic heterocycles. The molecule has 1 aliphatic rings. The number of hydrogen-bond acceptors (Lipinski definition) is 4. The minimum Gasteiger partial charge on any atom is -0.496 e. The van der Waals surface area contributed by atoms with Crippen LogP contribution in [-0.4, -0.2) is 33.1 Å². The molecule has 2 rings (SSSR count). The van der Waals surface area contributed by atoms with Crippen molar-refractivity contribution in [3.8, 4) is 5.75 Å². The molecule has 20 heavy (non-hydrogen) atoms. The molecule has 4 nitrogen and oxygen atoms in total. The van der Waals surface area contributed by atoms with Crippen LogP contribution >= 0.6 is 0 Å². The second-order valence-corrected chi connectivity index (χ2v) is 7.70. The van der Waals surface area contributed by atoms with Gasteiger partial charge in [0.05, 0.1) is 18.6 Å². The summed E-state index contributed by atoms with van der Waals surface area (Å²) in [6, 6.07) is 6.29. The van der Waals surface area contributed by atoms with Gasteiger partial charge in [0.15, 0.2) is 9.84 Å². The number of nitrogens with one attached hydrogen (secondary N) is 1. The Hall–Kier alpha value is -1.07. The quantitative estimate of drug-likeness (QED) is 0.905. The molecule has 0 bridgehead atoms. The van der Waals surface area contributed by atoms with Gasteiger partial charge in [-0.15, -0.1) is 0 Å². The van der Waals surface area contributed by atoms with E-state index in [0.717, 1.165) is 17.7 Å². The van der Waals surface area contributed by atoms with Crippen molar-refractivity contribution in [3.63, 3.8) is 0 Å². The second kappa shape index (κ2) is 6.14. The van der Waals surface area contributed by atoms with Crippen LogP contribution in [-0.2, 0) is 9.84 Å². The fourth-order valence-electron chi connectivity index (χ4n) is 2.76. The van der Waals surface area contributed by atoms with Gasteiger partial charge < -0.3 is 10.1 Å². The number of ether oxygens (including phenoxy) is 1. The Morgan fingerprint density at radius 2 is 2.20 bits per heavy atom. The minimum absolute atomic E-state index is 0.0511. The van der Waals surface area contributed by atoms with Gasteiger partial charge in [0, 0.05) is 17.6 Å². The summed E-state index contributed by atoms with van der Waals surface area (Å²) in [6.45, 7) is 4.15. The molecular weight excluding hydrogens is 274 g/mol. The zero-order chi connectivity index (χ0) is 14.8. The Kier molecular flexibility index (Phi) is 4.70. The lowest BCUT2D eigenvalue weighted by Crippen LogP contribution is -2.33. The van der Waals surface area contributed by atoms with E-state index in [0.29, 0.717) is 12.2 Å². The maximum atomic E-state index is 11.6. The van der Waals surface area contributed by atoms with E-state index in [1.807, 2.05) is 12.1 Å². The molecule has 112 valence electrons. The average molecular weight is 297 g/mol. The van der Waals surface area contributed by atoms with Gasteiger partial charge in [-0.1, -0.05) is 24.6 Å². The number of aryl methyl sites for hydroxylation is 1. The third-order valence-corrected chi connectivity index (χ3v) is 5.61. The van der Waals surface area contributed by atoms with Crippen molar-refractivity contribution < 1.29 is 13.2 Å². The fraction of sp³-hybridized carbons (Fsp3) is 0.600. The summed E-state index contributed by atoms with van der Waals surface area (Å²) in [7, 11) is -1.18. The molecular formula is C15H23NO3S. The number of benzene rings is 1. The average Bonchev–Trinajstić information content (AvgIpc) is 2.75. The lowest BCUT2D eigenvalue weighted by atomic mass is 10.00. The first-order valence-electron chi connectivity index (χ1n) is 7.06. The molecule has 1 N–H and O–H groups in total. The van der Waals surface area contributed by atoms with Crippen LogP contribution < -0.4 is 10.1 Å². The molecule has 1 heterocycles. The summed E-state index contributed by atoms with van der Waals surface area (Å²) in [6.07, 6.45) is 1.60. The SMILES string of the molecule is CC[C@H](N[C@H]1CCS(=O)(=O)C1)c1cc(C)ccc1OC. The molecule has 0 spiro atoms. The van der Waals surface area contributed by atoms with Gasteiger partial charge in [0.2, 0.25) is 0 Å². The van der Waals surface area contributed by atoms with Crippen LogP contribution in [0.25, 0.3) is 0 Å². The normalized spacial score (nSPS) is 22.6. The molecule has 1 fully saturated rings. The van der Waals surface area contributed by atoms with E-state index in [-0.39, 0.29) is 17.8 Å². The summed E-state index contributed by atoms with van der Waals surface area (Å²) in [4.78, 5) is 0. The summed E-state index contributed by atoms with van der Waals surface area (Å²) in [5, 5.41) is 3.48. The van der Waals surface area contributed by atoms with E-state index < -0.39 is 9.84 Å². The van der Waals surface area contributed by atoms with E-state index in [2.05, 4.69) is 25.2 Å². The van der Waals surface area contributed by atoms with Gasteiger partial charge in [0.25, 0.3) is 0 Å². The Morgan fingerprint density at radius 3 is 2.75 bits per heavy atom. The van der Waals surface area contributed by atoms with E-state index in [1.165, 1.54) is 5.56 Å². The van der Waals surface area contributed by atoms with Crippen molar-refractivity contribution in [2.24, 2.45) is 0 Å². The molecule has 0 amide bonds. The third-order valence-electron chi connectivity index (χ3n) is 3.84. The Balaban J connectivity index is 2.18. The van der Waals surface area contributed by atoms with E-state index >= 15 is 0 Å². The smallest absolute Gasteiger partial charge is 0.151 e. The van der Waals surface area contributed by atoms with Crippen LogP contribution in [0.4, 0.5) is 0 Å². The molecule has 5 heteroatoms. The van der Waals surface area contributed by atoms with Crippen LogP contribution in [0.5, 0.6) is 5.75 Å². The van der Waals surface area contributed by atoms with Crippen molar-refractivity contribution in [1.82, 2.24) is 5.32 Å². The predicted molar refractivity (Wildman–Crippen MR) is 81.0 cm³/mol. The molecule has 0 aliphatic carbocycles. The first-order chi connectivity index (χ1) is 9.45. The Labute approximate surface area is 121 Å². The maximum Gasteiger partial charge on any atom is 0.151 e. The van der Waals surface area contributed by atoms with Gasteiger partial charge in [-0.05, 0) is 25.8 Å². The molecule has 1 aromatic rings. The molecule has 0 unspecified atom stereocenters. The summed E-state index contributed by atoms with van der Waals surface area (Å²) >= 11 is 0. The highest BCUT2D eigenvalue weighted by Crippen LogP contribution is 2.29. The molecule has 0 radical (unpaired) electrons. The van der Waals surface area contributed by atoms with E-state index in [4.69, 9.17) is 4.74 Å². The van der Waals surface area contributed by atoms with Crippen molar-refractivity contribution >= 4 is 9.84 Å². The van der Waals surface area contributed by atoms with Crippen molar-refractivity contribution in [2.45, 2.75) is 38.8 Å². The number of hydrogen-bond donors (Lipinski definition) is 1. The molecule has 0 saturated carbocycles. The van der Waals surface area contributed by atoms with Crippen LogP contribution in [0, 0.1) is 6.92 Å². The second-order valence-electron chi connectivity index (χ2n) is 5.47. The first-order valence-corrected chi connectivity index (χ1v) is 8.88. The summed E-state index contributed by atoms with van der Waals surface area (Å²) in [5.74, 6) is 1.40. The van der Waals surface area contributed by atoms with Crippen molar-refractivity contribution in [3.05, 3.63) is 29.3 Å². The maximum absolute atomic E-state index is 11.6. The molecule has 1 aromatic carbocycles. The van der Waals surface area contributed by atoms with Crippen LogP contribution in [0.3, 0.4) is 0 Å². The lowest BCUT2D eigenvalue weighted by molar-refractivity contribution is 0.387. The number of methoxy groups -OCH3 is 1. The highest BCUT2D eigenvalue weighted by Gasteiger charge is 2.29. The van der Waals surface area contributed by atoms with Gasteiger partial charge in [-0.25, -0.2) is 8.42 Å². The van der Waals surface area contributed by atoms with Gasteiger partial charge in [0.1, 0.15) is 5.75 Å². The van der Waals surface area contributed by atoms with Gasteiger partial charge >= 0.3 is 0 Å². The van der Waals surface area contributed by atoms with Crippen LogP contribution in [0.2, 0.25) is 0 Å². The minimum atomic E-state index is -2.85. The van der Waals surface area contributed by atoms with Gasteiger partial charge in [-0.3, -0.25) is 0 Å². The highest BCUT2D eigenvalue weighted by atomic mass is 32.2. The first kappa shape index (κ1) is 15.3. The van der Waals surface area contributed by atoms with E-state index in [1.54, 1.807) is 7.11 Å². The third kappa shape index (κ3) is 3.52. The molecule has 1 saturated heterocycles.